The zero-order chi connectivity index (χ0) is 28.4. The highest BCUT2D eigenvalue weighted by atomic mass is 35.5. The summed E-state index contributed by atoms with van der Waals surface area (Å²) in [5, 5.41) is 14.7. The molecule has 0 aliphatic carbocycles. The summed E-state index contributed by atoms with van der Waals surface area (Å²) in [6, 6.07) is 28.7. The van der Waals surface area contributed by atoms with Crippen molar-refractivity contribution in [3.63, 3.8) is 0 Å². The van der Waals surface area contributed by atoms with Gasteiger partial charge in [0.2, 0.25) is 0 Å². The van der Waals surface area contributed by atoms with E-state index in [1.54, 1.807) is 59.3 Å². The van der Waals surface area contributed by atoms with Gasteiger partial charge >= 0.3 is 0 Å². The van der Waals surface area contributed by atoms with Gasteiger partial charge < -0.3 is 4.90 Å². The Balaban J connectivity index is 1.62. The Morgan fingerprint density at radius 3 is 2.45 bits per heavy atom. The Bertz CT molecular complexity index is 1890. The van der Waals surface area contributed by atoms with Gasteiger partial charge in [0.05, 0.1) is 37.4 Å². The predicted molar refractivity (Wildman–Crippen MR) is 159 cm³/mol. The zero-order valence-corrected chi connectivity index (χ0v) is 24.0. The van der Waals surface area contributed by atoms with Gasteiger partial charge in [0.1, 0.15) is 6.07 Å². The molecule has 5 aromatic rings. The molecule has 0 fully saturated rings. The first kappa shape index (κ1) is 27.3. The van der Waals surface area contributed by atoms with Crippen molar-refractivity contribution in [3.05, 3.63) is 107 Å². The molecule has 40 heavy (non-hydrogen) atoms. The number of halogens is 1. The van der Waals surface area contributed by atoms with E-state index >= 15 is 0 Å². The number of amides is 1. The Labute approximate surface area is 241 Å². The fourth-order valence-electron chi connectivity index (χ4n) is 4.34. The molecule has 0 aliphatic heterocycles. The number of hydrogen-bond donors (Lipinski definition) is 0. The lowest BCUT2D eigenvalue weighted by Crippen LogP contribution is -2.31. The van der Waals surface area contributed by atoms with E-state index in [-0.39, 0.29) is 16.5 Å². The topological polar surface area (TPSA) is 96.1 Å². The highest BCUT2D eigenvalue weighted by Gasteiger charge is 2.25. The van der Waals surface area contributed by atoms with Crippen LogP contribution in [0, 0.1) is 11.3 Å². The smallest absolute Gasteiger partial charge is 0.278 e. The average molecular weight is 587 g/mol. The van der Waals surface area contributed by atoms with Gasteiger partial charge in [-0.2, -0.15) is 10.4 Å². The average Bonchev–Trinajstić information content (AvgIpc) is 3.62. The van der Waals surface area contributed by atoms with Crippen LogP contribution in [0.4, 0.5) is 5.69 Å². The number of thiophene rings is 1. The van der Waals surface area contributed by atoms with Crippen molar-refractivity contribution in [1.82, 2.24) is 9.78 Å². The molecule has 0 unspecified atom stereocenters. The Morgan fingerprint density at radius 2 is 1.73 bits per heavy atom. The molecule has 2 aromatic heterocycles. The SMILES string of the molecule is CCN(C(=O)c1cc(-c2ccc(-c3cccc(S(C)(=O)=O)c3)s2)n(-c2ccccc2Cl)n1)c1ccccc1C#N. The Kier molecular flexibility index (Phi) is 7.59. The van der Waals surface area contributed by atoms with Crippen molar-refractivity contribution in [3.8, 4) is 32.8 Å². The highest BCUT2D eigenvalue weighted by molar-refractivity contribution is 7.90. The second-order valence-electron chi connectivity index (χ2n) is 8.92. The number of nitrogens with zero attached hydrogens (tertiary/aromatic N) is 4. The molecular formula is C30H23ClN4O3S2. The zero-order valence-electron chi connectivity index (χ0n) is 21.6. The molecule has 0 saturated carbocycles. The summed E-state index contributed by atoms with van der Waals surface area (Å²) in [6.45, 7) is 2.18. The molecule has 7 nitrogen and oxygen atoms in total. The summed E-state index contributed by atoms with van der Waals surface area (Å²) in [7, 11) is -3.36. The van der Waals surface area contributed by atoms with Gasteiger partial charge in [0, 0.05) is 17.7 Å². The Hall–Kier alpha value is -4.23. The van der Waals surface area contributed by atoms with E-state index in [1.165, 1.54) is 22.5 Å². The van der Waals surface area contributed by atoms with Crippen LogP contribution in [0.15, 0.2) is 95.9 Å². The van der Waals surface area contributed by atoms with Gasteiger partial charge in [-0.1, -0.05) is 48.0 Å². The fourth-order valence-corrected chi connectivity index (χ4v) is 6.23. The maximum Gasteiger partial charge on any atom is 0.278 e. The fraction of sp³-hybridized carbons (Fsp3) is 0.100. The van der Waals surface area contributed by atoms with Crippen LogP contribution in [-0.2, 0) is 9.84 Å². The minimum absolute atomic E-state index is 0.193. The second-order valence-corrected chi connectivity index (χ2v) is 12.4. The van der Waals surface area contributed by atoms with E-state index in [9.17, 15) is 18.5 Å². The van der Waals surface area contributed by atoms with Gasteiger partial charge in [-0.25, -0.2) is 13.1 Å². The molecule has 0 aliphatic rings. The maximum absolute atomic E-state index is 13.8. The third-order valence-electron chi connectivity index (χ3n) is 6.29. The van der Waals surface area contributed by atoms with Crippen LogP contribution in [0.2, 0.25) is 5.02 Å². The number of rotatable bonds is 7. The number of benzene rings is 3. The molecule has 0 atom stereocenters. The van der Waals surface area contributed by atoms with Crippen LogP contribution < -0.4 is 4.90 Å². The van der Waals surface area contributed by atoms with Gasteiger partial charge in [0.25, 0.3) is 5.91 Å². The minimum Gasteiger partial charge on any atom is -0.306 e. The maximum atomic E-state index is 13.8. The first-order chi connectivity index (χ1) is 19.2. The quantitative estimate of drug-likeness (QED) is 0.207. The standard InChI is InChI=1S/C30H23ClN4O3S2/c1-3-34(25-13-6-4-9-21(25)19-32)30(36)24-18-27(35(33-24)26-14-7-5-12-23(26)31)29-16-15-28(39-29)20-10-8-11-22(17-20)40(2,37)38/h4-18H,3H2,1-2H3. The molecule has 0 bridgehead atoms. The lowest BCUT2D eigenvalue weighted by atomic mass is 10.1. The number of sulfone groups is 1. The summed E-state index contributed by atoms with van der Waals surface area (Å²) < 4.78 is 25.8. The van der Waals surface area contributed by atoms with E-state index in [0.29, 0.717) is 34.2 Å². The monoisotopic (exact) mass is 586 g/mol. The molecule has 200 valence electrons. The van der Waals surface area contributed by atoms with Crippen LogP contribution >= 0.6 is 22.9 Å². The molecule has 0 spiro atoms. The molecule has 2 heterocycles. The van der Waals surface area contributed by atoms with E-state index < -0.39 is 9.84 Å². The largest absolute Gasteiger partial charge is 0.306 e. The summed E-state index contributed by atoms with van der Waals surface area (Å²) in [6.07, 6.45) is 1.18. The van der Waals surface area contributed by atoms with Crippen molar-refractivity contribution < 1.29 is 13.2 Å². The first-order valence-corrected chi connectivity index (χ1v) is 15.4. The number of carbonyl (C=O) groups is 1. The molecule has 3 aromatic carbocycles. The third-order valence-corrected chi connectivity index (χ3v) is 8.88. The predicted octanol–water partition coefficient (Wildman–Crippen LogP) is 6.86. The van der Waals surface area contributed by atoms with Crippen LogP contribution in [0.3, 0.4) is 0 Å². The summed E-state index contributed by atoms with van der Waals surface area (Å²) in [5.74, 6) is -0.352. The Morgan fingerprint density at radius 1 is 1.00 bits per heavy atom. The van der Waals surface area contributed by atoms with Crippen LogP contribution in [-0.4, -0.2) is 36.9 Å². The highest BCUT2D eigenvalue weighted by Crippen LogP contribution is 2.37. The van der Waals surface area contributed by atoms with E-state index in [0.717, 1.165) is 15.3 Å². The second kappa shape index (κ2) is 11.1. The van der Waals surface area contributed by atoms with Crippen molar-refractivity contribution in [2.75, 3.05) is 17.7 Å². The van der Waals surface area contributed by atoms with Crippen molar-refractivity contribution in [2.45, 2.75) is 11.8 Å². The van der Waals surface area contributed by atoms with Gasteiger partial charge in [-0.15, -0.1) is 11.3 Å². The van der Waals surface area contributed by atoms with Crippen molar-refractivity contribution >= 4 is 44.4 Å². The number of anilines is 1. The lowest BCUT2D eigenvalue weighted by molar-refractivity contribution is 0.0983. The van der Waals surface area contributed by atoms with Gasteiger partial charge in [0.15, 0.2) is 15.5 Å². The molecule has 5 rings (SSSR count). The molecule has 0 radical (unpaired) electrons. The van der Waals surface area contributed by atoms with Crippen LogP contribution in [0.25, 0.3) is 26.7 Å². The first-order valence-electron chi connectivity index (χ1n) is 12.3. The van der Waals surface area contributed by atoms with Crippen molar-refractivity contribution in [1.29, 1.82) is 5.26 Å². The van der Waals surface area contributed by atoms with E-state index in [4.69, 9.17) is 11.6 Å². The van der Waals surface area contributed by atoms with Crippen LogP contribution in [0.1, 0.15) is 23.0 Å². The number of nitriles is 1. The van der Waals surface area contributed by atoms with Crippen LogP contribution in [0.5, 0.6) is 0 Å². The third kappa shape index (κ3) is 5.29. The molecule has 10 heteroatoms. The number of carbonyl (C=O) groups excluding carboxylic acids is 1. The number of para-hydroxylation sites is 2. The number of hydrogen-bond acceptors (Lipinski definition) is 6. The van der Waals surface area contributed by atoms with Gasteiger partial charge in [-0.05, 0) is 67.1 Å². The minimum atomic E-state index is -3.36. The van der Waals surface area contributed by atoms with E-state index in [2.05, 4.69) is 11.2 Å². The molecule has 1 amide bonds. The van der Waals surface area contributed by atoms with Crippen molar-refractivity contribution in [2.24, 2.45) is 0 Å². The lowest BCUT2D eigenvalue weighted by Gasteiger charge is -2.21. The molecular weight excluding hydrogens is 564 g/mol. The summed E-state index contributed by atoms with van der Waals surface area (Å²) in [5.41, 5.74) is 3.12. The molecule has 0 saturated heterocycles. The number of aromatic nitrogens is 2. The van der Waals surface area contributed by atoms with E-state index in [1.807, 2.05) is 43.3 Å². The van der Waals surface area contributed by atoms with Gasteiger partial charge in [-0.3, -0.25) is 4.79 Å². The normalized spacial score (nSPS) is 11.2. The summed E-state index contributed by atoms with van der Waals surface area (Å²) in [4.78, 5) is 17.2. The molecule has 0 N–H and O–H groups in total. The summed E-state index contributed by atoms with van der Waals surface area (Å²) >= 11 is 8.00.